The predicted molar refractivity (Wildman–Crippen MR) is 88.9 cm³/mol. The summed E-state index contributed by atoms with van der Waals surface area (Å²) in [7, 11) is 0. The van der Waals surface area contributed by atoms with Crippen molar-refractivity contribution in [1.29, 1.82) is 0 Å². The van der Waals surface area contributed by atoms with E-state index in [1.807, 2.05) is 17.9 Å². The van der Waals surface area contributed by atoms with Gasteiger partial charge in [0.1, 0.15) is 12.1 Å². The van der Waals surface area contributed by atoms with Gasteiger partial charge in [0.15, 0.2) is 0 Å². The molecule has 1 amide bonds. The third-order valence-corrected chi connectivity index (χ3v) is 4.10. The van der Waals surface area contributed by atoms with E-state index >= 15 is 0 Å². The smallest absolute Gasteiger partial charge is 0.222 e. The van der Waals surface area contributed by atoms with Crippen molar-refractivity contribution >= 4 is 11.7 Å². The second-order valence-electron chi connectivity index (χ2n) is 7.09. The van der Waals surface area contributed by atoms with Crippen LogP contribution in [0.25, 0.3) is 0 Å². The second kappa shape index (κ2) is 7.07. The third-order valence-electron chi connectivity index (χ3n) is 4.10. The van der Waals surface area contributed by atoms with Crippen LogP contribution in [0.1, 0.15) is 59.1 Å². The molecule has 1 aromatic rings. The summed E-state index contributed by atoms with van der Waals surface area (Å²) in [5, 5.41) is 3.50. The summed E-state index contributed by atoms with van der Waals surface area (Å²) < 4.78 is 0. The van der Waals surface area contributed by atoms with E-state index in [9.17, 15) is 4.79 Å². The van der Waals surface area contributed by atoms with Gasteiger partial charge >= 0.3 is 0 Å². The number of nitrogens with one attached hydrogen (secondary N) is 1. The van der Waals surface area contributed by atoms with Gasteiger partial charge in [0.25, 0.3) is 0 Å². The van der Waals surface area contributed by atoms with E-state index in [-0.39, 0.29) is 11.3 Å². The first-order chi connectivity index (χ1) is 10.4. The van der Waals surface area contributed by atoms with E-state index in [1.54, 1.807) is 6.33 Å². The Balaban J connectivity index is 1.90. The highest BCUT2D eigenvalue weighted by Gasteiger charge is 2.23. The van der Waals surface area contributed by atoms with Crippen LogP contribution in [0, 0.1) is 0 Å². The van der Waals surface area contributed by atoms with Crippen LogP contribution in [0.4, 0.5) is 5.82 Å². The lowest BCUT2D eigenvalue weighted by Gasteiger charge is -2.32. The van der Waals surface area contributed by atoms with Crippen LogP contribution in [0.2, 0.25) is 0 Å². The fourth-order valence-electron chi connectivity index (χ4n) is 2.70. The number of rotatable bonds is 4. The van der Waals surface area contributed by atoms with Crippen LogP contribution in [-0.2, 0) is 10.2 Å². The molecule has 2 rings (SSSR count). The van der Waals surface area contributed by atoms with E-state index in [4.69, 9.17) is 0 Å². The van der Waals surface area contributed by atoms with Crippen LogP contribution in [0.15, 0.2) is 12.4 Å². The molecule has 1 N–H and O–H groups in total. The van der Waals surface area contributed by atoms with Crippen LogP contribution in [-0.4, -0.2) is 39.9 Å². The number of hydrogen-bond acceptors (Lipinski definition) is 4. The minimum Gasteiger partial charge on any atom is -0.367 e. The molecule has 5 heteroatoms. The maximum Gasteiger partial charge on any atom is 0.222 e. The van der Waals surface area contributed by atoms with Crippen LogP contribution >= 0.6 is 0 Å². The zero-order valence-electron chi connectivity index (χ0n) is 14.2. The van der Waals surface area contributed by atoms with Gasteiger partial charge in [-0.2, -0.15) is 0 Å². The third kappa shape index (κ3) is 4.42. The van der Waals surface area contributed by atoms with Gasteiger partial charge in [-0.25, -0.2) is 9.97 Å². The first-order valence-corrected chi connectivity index (χ1v) is 8.27. The normalized spacial score (nSPS) is 16.6. The van der Waals surface area contributed by atoms with Crippen molar-refractivity contribution in [1.82, 2.24) is 14.9 Å². The van der Waals surface area contributed by atoms with Crippen molar-refractivity contribution in [3.63, 3.8) is 0 Å². The first kappa shape index (κ1) is 16.7. The van der Waals surface area contributed by atoms with Crippen molar-refractivity contribution in [3.8, 4) is 0 Å². The SMILES string of the molecule is CCCC(=O)N1CCC(Nc2cc(C(C)(C)C)ncn2)CC1. The molecule has 0 radical (unpaired) electrons. The number of carbonyl (C=O) groups excluding carboxylic acids is 1. The number of likely N-dealkylation sites (tertiary alicyclic amines) is 1. The molecular weight excluding hydrogens is 276 g/mol. The monoisotopic (exact) mass is 304 g/mol. The van der Waals surface area contributed by atoms with Crippen molar-refractivity contribution in [3.05, 3.63) is 18.1 Å². The van der Waals surface area contributed by atoms with Gasteiger partial charge in [-0.3, -0.25) is 4.79 Å². The number of piperidine rings is 1. The standard InChI is InChI=1S/C17H28N4O/c1-5-6-16(22)21-9-7-13(8-10-21)20-15-11-14(17(2,3)4)18-12-19-15/h11-13H,5-10H2,1-4H3,(H,18,19,20). The summed E-state index contributed by atoms with van der Waals surface area (Å²) in [6.45, 7) is 10.2. The lowest BCUT2D eigenvalue weighted by atomic mass is 9.92. The topological polar surface area (TPSA) is 58.1 Å². The minimum absolute atomic E-state index is 0.0231. The highest BCUT2D eigenvalue weighted by molar-refractivity contribution is 5.76. The Morgan fingerprint density at radius 1 is 1.32 bits per heavy atom. The highest BCUT2D eigenvalue weighted by Crippen LogP contribution is 2.22. The molecule has 0 unspecified atom stereocenters. The maximum absolute atomic E-state index is 11.9. The number of aromatic nitrogens is 2. The average Bonchev–Trinajstić information content (AvgIpc) is 2.48. The summed E-state index contributed by atoms with van der Waals surface area (Å²) in [5.74, 6) is 1.18. The molecule has 5 nitrogen and oxygen atoms in total. The van der Waals surface area contributed by atoms with Crippen molar-refractivity contribution in [2.45, 2.75) is 64.8 Å². The minimum atomic E-state index is 0.0231. The fourth-order valence-corrected chi connectivity index (χ4v) is 2.70. The van der Waals surface area contributed by atoms with Crippen molar-refractivity contribution in [2.75, 3.05) is 18.4 Å². The van der Waals surface area contributed by atoms with E-state index in [0.717, 1.165) is 43.9 Å². The molecule has 1 saturated heterocycles. The lowest BCUT2D eigenvalue weighted by molar-refractivity contribution is -0.132. The molecule has 1 fully saturated rings. The Hall–Kier alpha value is -1.65. The molecule has 0 atom stereocenters. The predicted octanol–water partition coefficient (Wildman–Crippen LogP) is 2.98. The molecular formula is C17H28N4O. The number of anilines is 1. The van der Waals surface area contributed by atoms with Crippen LogP contribution in [0.3, 0.4) is 0 Å². The Kier molecular flexibility index (Phi) is 5.37. The molecule has 0 spiro atoms. The molecule has 1 aliphatic heterocycles. The Labute approximate surface area is 133 Å². The van der Waals surface area contributed by atoms with Crippen molar-refractivity contribution < 1.29 is 4.79 Å². The van der Waals surface area contributed by atoms with E-state index in [1.165, 1.54) is 0 Å². The Morgan fingerprint density at radius 3 is 2.59 bits per heavy atom. The van der Waals surface area contributed by atoms with Gasteiger partial charge in [-0.05, 0) is 19.3 Å². The maximum atomic E-state index is 11.9. The molecule has 0 bridgehead atoms. The molecule has 22 heavy (non-hydrogen) atoms. The van der Waals surface area contributed by atoms with E-state index < -0.39 is 0 Å². The number of nitrogens with zero attached hydrogens (tertiary/aromatic N) is 3. The highest BCUT2D eigenvalue weighted by atomic mass is 16.2. The zero-order valence-corrected chi connectivity index (χ0v) is 14.2. The summed E-state index contributed by atoms with van der Waals surface area (Å²) in [5.41, 5.74) is 1.07. The Bertz CT molecular complexity index is 502. The van der Waals surface area contributed by atoms with Gasteiger partial charge in [0.05, 0.1) is 5.69 Å². The van der Waals surface area contributed by atoms with Gasteiger partial charge in [0.2, 0.25) is 5.91 Å². The molecule has 0 aliphatic carbocycles. The van der Waals surface area contributed by atoms with Crippen molar-refractivity contribution in [2.24, 2.45) is 0 Å². The molecule has 1 aliphatic rings. The van der Waals surface area contributed by atoms with E-state index in [0.29, 0.717) is 12.5 Å². The van der Waals surface area contributed by atoms with E-state index in [2.05, 4.69) is 36.1 Å². The summed E-state index contributed by atoms with van der Waals surface area (Å²) >= 11 is 0. The number of carbonyl (C=O) groups is 1. The fraction of sp³-hybridized carbons (Fsp3) is 0.706. The first-order valence-electron chi connectivity index (χ1n) is 8.27. The van der Waals surface area contributed by atoms with Crippen LogP contribution < -0.4 is 5.32 Å². The summed E-state index contributed by atoms with van der Waals surface area (Å²) in [4.78, 5) is 22.6. The molecule has 122 valence electrons. The molecule has 0 saturated carbocycles. The number of hydrogen-bond donors (Lipinski definition) is 1. The summed E-state index contributed by atoms with van der Waals surface area (Å²) in [6, 6.07) is 2.42. The van der Waals surface area contributed by atoms with Crippen LogP contribution in [0.5, 0.6) is 0 Å². The molecule has 1 aromatic heterocycles. The summed E-state index contributed by atoms with van der Waals surface area (Å²) in [6.07, 6.45) is 5.17. The van der Waals surface area contributed by atoms with Gasteiger partial charge in [-0.15, -0.1) is 0 Å². The average molecular weight is 304 g/mol. The quantitative estimate of drug-likeness (QED) is 0.929. The number of amides is 1. The largest absolute Gasteiger partial charge is 0.367 e. The zero-order chi connectivity index (χ0) is 16.2. The second-order valence-corrected chi connectivity index (χ2v) is 7.09. The Morgan fingerprint density at radius 2 is 2.00 bits per heavy atom. The lowest BCUT2D eigenvalue weighted by Crippen LogP contribution is -2.42. The van der Waals surface area contributed by atoms with Gasteiger partial charge < -0.3 is 10.2 Å². The van der Waals surface area contributed by atoms with Gasteiger partial charge in [-0.1, -0.05) is 27.7 Å². The van der Waals surface area contributed by atoms with Gasteiger partial charge in [0, 0.05) is 37.0 Å². The molecule has 2 heterocycles. The molecule has 0 aromatic carbocycles.